The normalized spacial score (nSPS) is 12.8. The molecule has 0 fully saturated rings. The molecular formula is C32H25FN8O18S5. The Labute approximate surface area is 358 Å². The molecule has 64 heavy (non-hydrogen) atoms. The number of aromatic nitrogens is 3. The Hall–Kier alpha value is -6.46. The van der Waals surface area contributed by atoms with E-state index in [9.17, 15) is 74.6 Å². The van der Waals surface area contributed by atoms with Crippen LogP contribution in [-0.4, -0.2) is 104 Å². The van der Waals surface area contributed by atoms with Gasteiger partial charge in [0.25, 0.3) is 46.4 Å². The molecule has 0 atom stereocenters. The fourth-order valence-electron chi connectivity index (χ4n) is 5.83. The molecule has 0 saturated heterocycles. The van der Waals surface area contributed by atoms with Gasteiger partial charge in [0.05, 0.1) is 17.2 Å². The highest BCUT2D eigenvalue weighted by molar-refractivity contribution is 7.87. The second kappa shape index (κ2) is 17.3. The largest absolute Gasteiger partial charge is 0.505 e. The number of fused-ring (bicyclic) bond motifs is 2. The van der Waals surface area contributed by atoms with Crippen LogP contribution in [0.5, 0.6) is 5.75 Å². The van der Waals surface area contributed by atoms with Gasteiger partial charge in [-0.1, -0.05) is 24.3 Å². The van der Waals surface area contributed by atoms with E-state index in [1.165, 1.54) is 24.3 Å². The van der Waals surface area contributed by atoms with Crippen LogP contribution in [0.2, 0.25) is 0 Å². The maximum Gasteiger partial charge on any atom is 0.397 e. The quantitative estimate of drug-likeness (QED) is 0.0404. The van der Waals surface area contributed by atoms with E-state index >= 15 is 0 Å². The van der Waals surface area contributed by atoms with Crippen molar-refractivity contribution < 1.29 is 83.3 Å². The Morgan fingerprint density at radius 2 is 1.34 bits per heavy atom. The summed E-state index contributed by atoms with van der Waals surface area (Å²) in [6.45, 7) is -0.958. The first-order chi connectivity index (χ1) is 29.6. The van der Waals surface area contributed by atoms with E-state index in [4.69, 9.17) is 4.55 Å². The van der Waals surface area contributed by atoms with E-state index in [-0.39, 0.29) is 17.8 Å². The van der Waals surface area contributed by atoms with Gasteiger partial charge in [0, 0.05) is 34.0 Å². The lowest BCUT2D eigenvalue weighted by Crippen LogP contribution is -2.28. The molecule has 338 valence electrons. The van der Waals surface area contributed by atoms with Gasteiger partial charge in [-0.05, 0) is 53.9 Å². The number of rotatable bonds is 15. The number of amides is 1. The smallest absolute Gasteiger partial charge is 0.397 e. The summed E-state index contributed by atoms with van der Waals surface area (Å²) >= 11 is 0. The highest BCUT2D eigenvalue weighted by Gasteiger charge is 2.28. The van der Waals surface area contributed by atoms with Crippen LogP contribution in [0.1, 0.15) is 10.4 Å². The molecule has 0 aliphatic carbocycles. The minimum atomic E-state index is -5.49. The van der Waals surface area contributed by atoms with Crippen molar-refractivity contribution in [1.82, 2.24) is 20.3 Å². The lowest BCUT2D eigenvalue weighted by Gasteiger charge is -2.15. The molecule has 5 aromatic carbocycles. The lowest BCUT2D eigenvalue weighted by atomic mass is 10.1. The van der Waals surface area contributed by atoms with Crippen molar-refractivity contribution in [2.45, 2.75) is 19.6 Å². The molecule has 26 nitrogen and oxygen atoms in total. The first-order valence-electron chi connectivity index (χ1n) is 16.8. The number of carbonyl (C=O) groups excluding carboxylic acids is 1. The minimum Gasteiger partial charge on any atom is -0.505 e. The number of carbonyl (C=O) groups is 1. The molecule has 0 bridgehead atoms. The average molecular weight is 989 g/mol. The third-order valence-electron chi connectivity index (χ3n) is 8.30. The molecule has 9 N–H and O–H groups in total. The maximum atomic E-state index is 14.9. The van der Waals surface area contributed by atoms with Crippen LogP contribution >= 0.6 is 0 Å². The Kier molecular flexibility index (Phi) is 12.7. The number of nitrogens with one attached hydrogen (secondary N) is 3. The van der Waals surface area contributed by atoms with Gasteiger partial charge >= 0.3 is 16.5 Å². The third-order valence-corrected chi connectivity index (χ3v) is 12.3. The topological polar surface area (TPSA) is 418 Å². The Morgan fingerprint density at radius 3 is 1.97 bits per heavy atom. The number of hydrogen-bond acceptors (Lipinski definition) is 20. The van der Waals surface area contributed by atoms with Crippen LogP contribution in [0, 0.1) is 6.08 Å². The Bertz CT molecular complexity index is 3540. The Balaban J connectivity index is 1.45. The molecule has 0 saturated carbocycles. The zero-order valence-electron chi connectivity index (χ0n) is 31.1. The van der Waals surface area contributed by atoms with E-state index in [0.29, 0.717) is 18.2 Å². The summed E-state index contributed by atoms with van der Waals surface area (Å²) in [4.78, 5) is 19.3. The fraction of sp³-hybridized carbons (Fsp3) is 0.0625. The number of hydrogen-bond donors (Lipinski definition) is 9. The first kappa shape index (κ1) is 47.0. The monoisotopic (exact) mass is 988 g/mol. The van der Waals surface area contributed by atoms with Crippen molar-refractivity contribution in [1.29, 1.82) is 0 Å². The van der Waals surface area contributed by atoms with Crippen LogP contribution in [0.15, 0.2) is 103 Å². The van der Waals surface area contributed by atoms with Crippen molar-refractivity contribution in [2.75, 3.05) is 23.8 Å². The van der Waals surface area contributed by atoms with Crippen molar-refractivity contribution in [2.24, 2.45) is 10.2 Å². The van der Waals surface area contributed by atoms with Gasteiger partial charge in [-0.25, -0.2) is 4.18 Å². The molecular weight excluding hydrogens is 964 g/mol. The van der Waals surface area contributed by atoms with Gasteiger partial charge in [-0.3, -0.25) is 27.6 Å². The standard InChI is InChI=1S/C32H25FN8O18S5/c33-30-37-31(35-17-4-1-3-15(11-17)29(43)34-9-10-59-64(56,57)58)39-32(38-30)36-22-14-18(60(44,45)46)12-16-13-24(62(50,51)52)26(27(42)25(16)22)41-40-21-8-7-19-20(28(21)63(53,54)55)5-2-6-23(19)61(47,48)49/h1-8,11-14,42H,9-10H2,(H,34,43)(H,44,45,46)(H,47,48,49)(H,50,51,52)(H,53,54,55)(H,56,57,58)(H2,35,36,37,38,39)/b41-40+. The molecule has 1 aromatic heterocycles. The van der Waals surface area contributed by atoms with Gasteiger partial charge in [0.1, 0.15) is 26.1 Å². The SMILES string of the molecule is O=C(NCCOS(=O)(=O)O)c1cccc(Nc2nc(F)nc(Nc3cc(S(=O)(=O)O)cc4cc(S(=O)(=O)O)c(/N=N/c5ccc6c(S(=O)(=O)O)cccc6c5S(=O)(=O)O)c(O)c34)n2)c1. The fourth-order valence-corrected chi connectivity index (χ4v) is 8.86. The summed E-state index contributed by atoms with van der Waals surface area (Å²) in [5, 5.41) is 23.9. The number of benzene rings is 5. The molecule has 0 aliphatic rings. The predicted molar refractivity (Wildman–Crippen MR) is 216 cm³/mol. The summed E-state index contributed by atoms with van der Waals surface area (Å²) < 4.78 is 188. The second-order valence-electron chi connectivity index (χ2n) is 12.6. The summed E-state index contributed by atoms with van der Waals surface area (Å²) in [6, 6.07) is 11.7. The van der Waals surface area contributed by atoms with Crippen LogP contribution in [-0.2, 0) is 55.1 Å². The van der Waals surface area contributed by atoms with Gasteiger partial charge < -0.3 is 21.1 Å². The van der Waals surface area contributed by atoms with Crippen molar-refractivity contribution in [3.8, 4) is 5.75 Å². The highest BCUT2D eigenvalue weighted by atomic mass is 32.3. The number of azo groups is 1. The molecule has 32 heteroatoms. The number of anilines is 4. The summed E-state index contributed by atoms with van der Waals surface area (Å²) in [5.41, 5.74) is -2.63. The lowest BCUT2D eigenvalue weighted by molar-refractivity contribution is 0.0945. The van der Waals surface area contributed by atoms with Crippen molar-refractivity contribution in [3.63, 3.8) is 0 Å². The van der Waals surface area contributed by atoms with E-state index in [1.54, 1.807) is 0 Å². The number of halogens is 1. The molecule has 1 amide bonds. The van der Waals surface area contributed by atoms with E-state index in [2.05, 4.69) is 45.3 Å². The van der Waals surface area contributed by atoms with Crippen molar-refractivity contribution in [3.05, 3.63) is 84.4 Å². The summed E-state index contributed by atoms with van der Waals surface area (Å²) in [6.07, 6.45) is -1.50. The molecule has 6 aromatic rings. The maximum absolute atomic E-state index is 14.9. The van der Waals surface area contributed by atoms with Crippen LogP contribution in [0.4, 0.5) is 39.0 Å². The molecule has 1 heterocycles. The predicted octanol–water partition coefficient (Wildman–Crippen LogP) is 3.46. The van der Waals surface area contributed by atoms with E-state index < -0.39 is 145 Å². The van der Waals surface area contributed by atoms with Gasteiger partial charge in [0.15, 0.2) is 5.75 Å². The molecule has 0 radical (unpaired) electrons. The highest BCUT2D eigenvalue weighted by Crippen LogP contribution is 2.46. The number of aromatic hydroxyl groups is 1. The van der Waals surface area contributed by atoms with Crippen molar-refractivity contribution >= 4 is 113 Å². The van der Waals surface area contributed by atoms with Crippen LogP contribution in [0.3, 0.4) is 0 Å². The second-order valence-corrected chi connectivity index (χ2v) is 19.2. The number of phenols is 1. The minimum absolute atomic E-state index is 0.0352. The molecule has 0 aliphatic heterocycles. The van der Waals surface area contributed by atoms with Crippen LogP contribution in [0.25, 0.3) is 21.5 Å². The third kappa shape index (κ3) is 10.8. The van der Waals surface area contributed by atoms with Gasteiger partial charge in [0.2, 0.25) is 11.9 Å². The van der Waals surface area contributed by atoms with E-state index in [0.717, 1.165) is 30.3 Å². The molecule has 0 spiro atoms. The average Bonchev–Trinajstić information content (AvgIpc) is 3.16. The summed E-state index contributed by atoms with van der Waals surface area (Å²) in [7, 11) is -25.8. The Morgan fingerprint density at radius 1 is 0.688 bits per heavy atom. The summed E-state index contributed by atoms with van der Waals surface area (Å²) in [5.74, 6) is -3.37. The zero-order valence-corrected chi connectivity index (χ0v) is 35.2. The number of nitrogens with zero attached hydrogens (tertiary/aromatic N) is 5. The number of phenolic OH excluding ortho intramolecular Hbond substituents is 1. The van der Waals surface area contributed by atoms with Gasteiger partial charge in [-0.15, -0.1) is 10.2 Å². The molecule has 0 unspecified atom stereocenters. The molecule has 6 rings (SSSR count). The van der Waals surface area contributed by atoms with Gasteiger partial charge in [-0.2, -0.15) is 61.4 Å². The van der Waals surface area contributed by atoms with E-state index in [1.807, 2.05) is 0 Å². The first-order valence-corrected chi connectivity index (χ1v) is 23.9. The van der Waals surface area contributed by atoms with Crippen LogP contribution < -0.4 is 16.0 Å². The zero-order chi connectivity index (χ0) is 47.2.